The second-order valence-electron chi connectivity index (χ2n) is 6.41. The average molecular weight is 349 g/mol. The first-order valence-electron chi connectivity index (χ1n) is 9.11. The first-order valence-corrected chi connectivity index (χ1v) is 9.11. The van der Waals surface area contributed by atoms with Crippen molar-refractivity contribution in [2.75, 3.05) is 11.9 Å². The molecule has 4 rings (SSSR count). The summed E-state index contributed by atoms with van der Waals surface area (Å²) in [5, 5.41) is 15.2. The minimum Gasteiger partial charge on any atom is -0.362 e. The van der Waals surface area contributed by atoms with E-state index in [0.29, 0.717) is 6.54 Å². The number of rotatable bonds is 6. The zero-order valence-corrected chi connectivity index (χ0v) is 14.9. The first-order chi connectivity index (χ1) is 12.8. The molecule has 26 heavy (non-hydrogen) atoms. The molecule has 0 atom stereocenters. The Balaban J connectivity index is 1.64. The first kappa shape index (κ1) is 16.7. The van der Waals surface area contributed by atoms with Gasteiger partial charge in [-0.1, -0.05) is 37.3 Å². The van der Waals surface area contributed by atoms with Gasteiger partial charge in [-0.25, -0.2) is 9.97 Å². The summed E-state index contributed by atoms with van der Waals surface area (Å²) in [5.41, 5.74) is 3.30. The second-order valence-corrected chi connectivity index (χ2v) is 6.41. The van der Waals surface area contributed by atoms with Crippen molar-refractivity contribution in [2.24, 2.45) is 0 Å². The Kier molecular flexibility index (Phi) is 4.88. The highest BCUT2D eigenvalue weighted by Crippen LogP contribution is 2.25. The van der Waals surface area contributed by atoms with Crippen LogP contribution >= 0.6 is 0 Å². The Bertz CT molecular complexity index is 873. The standard InChI is InChI=1S/C19H23N7/c1-2-10-26-13-22-25-17(26)12-21-19-15-8-9-20-11-16(15)23-18(24-19)14-6-4-3-5-7-14/h3-7,13,20H,2,8-12H2,1H3,(H,21,23,24). The summed E-state index contributed by atoms with van der Waals surface area (Å²) in [4.78, 5) is 9.61. The third-order valence-electron chi connectivity index (χ3n) is 4.54. The molecule has 0 bridgehead atoms. The minimum atomic E-state index is 0.602. The molecule has 3 heterocycles. The normalized spacial score (nSPS) is 13.4. The Labute approximate surface area is 152 Å². The van der Waals surface area contributed by atoms with E-state index in [9.17, 15) is 0 Å². The number of anilines is 1. The fourth-order valence-electron chi connectivity index (χ4n) is 3.23. The number of nitrogens with one attached hydrogen (secondary N) is 2. The average Bonchev–Trinajstić information content (AvgIpc) is 3.14. The number of nitrogens with zero attached hydrogens (tertiary/aromatic N) is 5. The molecular weight excluding hydrogens is 326 g/mol. The van der Waals surface area contributed by atoms with E-state index in [1.165, 1.54) is 5.56 Å². The van der Waals surface area contributed by atoms with Crippen LogP contribution in [0.5, 0.6) is 0 Å². The molecule has 0 saturated heterocycles. The molecule has 0 aliphatic carbocycles. The molecule has 0 amide bonds. The summed E-state index contributed by atoms with van der Waals surface area (Å²) in [6.07, 6.45) is 3.77. The van der Waals surface area contributed by atoms with Gasteiger partial charge in [0.25, 0.3) is 0 Å². The van der Waals surface area contributed by atoms with Crippen LogP contribution in [0.3, 0.4) is 0 Å². The van der Waals surface area contributed by atoms with E-state index in [1.807, 2.05) is 30.3 Å². The Morgan fingerprint density at radius 2 is 2.08 bits per heavy atom. The van der Waals surface area contributed by atoms with E-state index in [1.54, 1.807) is 6.33 Å². The summed E-state index contributed by atoms with van der Waals surface area (Å²) in [6, 6.07) is 10.1. The van der Waals surface area contributed by atoms with Gasteiger partial charge in [0, 0.05) is 24.2 Å². The van der Waals surface area contributed by atoms with Gasteiger partial charge in [0.1, 0.15) is 12.1 Å². The maximum absolute atomic E-state index is 4.82. The molecule has 2 aromatic heterocycles. The van der Waals surface area contributed by atoms with Crippen molar-refractivity contribution in [2.45, 2.75) is 39.4 Å². The lowest BCUT2D eigenvalue weighted by atomic mass is 10.1. The third kappa shape index (κ3) is 3.43. The van der Waals surface area contributed by atoms with Gasteiger partial charge in [-0.3, -0.25) is 0 Å². The van der Waals surface area contributed by atoms with Crippen LogP contribution in [-0.2, 0) is 26.1 Å². The number of aromatic nitrogens is 5. The zero-order chi connectivity index (χ0) is 17.8. The van der Waals surface area contributed by atoms with Crippen molar-refractivity contribution in [1.82, 2.24) is 30.0 Å². The molecule has 0 unspecified atom stereocenters. The number of hydrogen-bond donors (Lipinski definition) is 2. The van der Waals surface area contributed by atoms with E-state index in [2.05, 4.69) is 32.3 Å². The van der Waals surface area contributed by atoms with E-state index >= 15 is 0 Å². The van der Waals surface area contributed by atoms with Crippen LogP contribution in [0, 0.1) is 0 Å². The highest BCUT2D eigenvalue weighted by atomic mass is 15.3. The maximum atomic E-state index is 4.82. The molecule has 0 radical (unpaired) electrons. The van der Waals surface area contributed by atoms with Gasteiger partial charge in [-0.15, -0.1) is 10.2 Å². The molecule has 1 aliphatic heterocycles. The van der Waals surface area contributed by atoms with Crippen LogP contribution in [-0.4, -0.2) is 31.3 Å². The second kappa shape index (κ2) is 7.61. The molecule has 1 aliphatic rings. The van der Waals surface area contributed by atoms with Crippen molar-refractivity contribution >= 4 is 5.82 Å². The Morgan fingerprint density at radius 1 is 1.19 bits per heavy atom. The highest BCUT2D eigenvalue weighted by Gasteiger charge is 2.18. The van der Waals surface area contributed by atoms with Crippen molar-refractivity contribution in [3.05, 3.63) is 53.7 Å². The fraction of sp³-hybridized carbons (Fsp3) is 0.368. The van der Waals surface area contributed by atoms with Crippen LogP contribution in [0.25, 0.3) is 11.4 Å². The van der Waals surface area contributed by atoms with Gasteiger partial charge in [0.15, 0.2) is 11.6 Å². The van der Waals surface area contributed by atoms with Crippen LogP contribution < -0.4 is 10.6 Å². The Morgan fingerprint density at radius 3 is 2.92 bits per heavy atom. The summed E-state index contributed by atoms with van der Waals surface area (Å²) in [5.74, 6) is 2.58. The van der Waals surface area contributed by atoms with Crippen LogP contribution in [0.4, 0.5) is 5.82 Å². The molecule has 7 heteroatoms. The molecule has 1 aromatic carbocycles. The van der Waals surface area contributed by atoms with Gasteiger partial charge < -0.3 is 15.2 Å². The van der Waals surface area contributed by atoms with Gasteiger partial charge in [-0.05, 0) is 19.4 Å². The lowest BCUT2D eigenvalue weighted by Crippen LogP contribution is -2.26. The largest absolute Gasteiger partial charge is 0.362 e. The molecule has 134 valence electrons. The summed E-state index contributed by atoms with van der Waals surface area (Å²) in [6.45, 7) is 5.40. The van der Waals surface area contributed by atoms with Gasteiger partial charge in [0.2, 0.25) is 0 Å². The third-order valence-corrected chi connectivity index (χ3v) is 4.54. The predicted octanol–water partition coefficient (Wildman–Crippen LogP) is 2.40. The van der Waals surface area contributed by atoms with Crippen molar-refractivity contribution in [3.63, 3.8) is 0 Å². The van der Waals surface area contributed by atoms with Crippen LogP contribution in [0.1, 0.15) is 30.4 Å². The smallest absolute Gasteiger partial charge is 0.161 e. The number of hydrogen-bond acceptors (Lipinski definition) is 6. The molecule has 3 aromatic rings. The zero-order valence-electron chi connectivity index (χ0n) is 14.9. The van der Waals surface area contributed by atoms with Gasteiger partial charge in [0.05, 0.1) is 12.2 Å². The number of aryl methyl sites for hydroxylation is 1. The van der Waals surface area contributed by atoms with Crippen molar-refractivity contribution < 1.29 is 0 Å². The van der Waals surface area contributed by atoms with Crippen LogP contribution in [0.15, 0.2) is 36.7 Å². The molecule has 0 fully saturated rings. The van der Waals surface area contributed by atoms with Gasteiger partial charge >= 0.3 is 0 Å². The number of benzene rings is 1. The monoisotopic (exact) mass is 349 g/mol. The Hall–Kier alpha value is -2.80. The van der Waals surface area contributed by atoms with E-state index in [0.717, 1.165) is 61.2 Å². The molecule has 7 nitrogen and oxygen atoms in total. The predicted molar refractivity (Wildman–Crippen MR) is 101 cm³/mol. The quantitative estimate of drug-likeness (QED) is 0.711. The molecular formula is C19H23N7. The van der Waals surface area contributed by atoms with Gasteiger partial charge in [-0.2, -0.15) is 0 Å². The summed E-state index contributed by atoms with van der Waals surface area (Å²) in [7, 11) is 0. The van der Waals surface area contributed by atoms with Crippen molar-refractivity contribution in [3.8, 4) is 11.4 Å². The lowest BCUT2D eigenvalue weighted by molar-refractivity contribution is 0.623. The van der Waals surface area contributed by atoms with E-state index in [4.69, 9.17) is 9.97 Å². The van der Waals surface area contributed by atoms with E-state index in [-0.39, 0.29) is 0 Å². The highest BCUT2D eigenvalue weighted by molar-refractivity contribution is 5.60. The minimum absolute atomic E-state index is 0.602. The lowest BCUT2D eigenvalue weighted by Gasteiger charge is -2.20. The van der Waals surface area contributed by atoms with E-state index < -0.39 is 0 Å². The number of fused-ring (bicyclic) bond motifs is 1. The topological polar surface area (TPSA) is 80.6 Å². The van der Waals surface area contributed by atoms with Crippen molar-refractivity contribution in [1.29, 1.82) is 0 Å². The molecule has 2 N–H and O–H groups in total. The molecule has 0 saturated carbocycles. The van der Waals surface area contributed by atoms with Crippen LogP contribution in [0.2, 0.25) is 0 Å². The molecule has 0 spiro atoms. The summed E-state index contributed by atoms with van der Waals surface area (Å²) >= 11 is 0. The summed E-state index contributed by atoms with van der Waals surface area (Å²) < 4.78 is 2.08. The fourth-order valence-corrected chi connectivity index (χ4v) is 3.23. The maximum Gasteiger partial charge on any atom is 0.161 e. The SMILES string of the molecule is CCCn1cnnc1CNc1nc(-c2ccccc2)nc2c1CCNC2.